The lowest BCUT2D eigenvalue weighted by molar-refractivity contribution is -0.142. The van der Waals surface area contributed by atoms with Gasteiger partial charge in [-0.2, -0.15) is 0 Å². The van der Waals surface area contributed by atoms with Crippen molar-refractivity contribution in [2.45, 2.75) is 45.6 Å². The fourth-order valence-electron chi connectivity index (χ4n) is 2.64. The minimum atomic E-state index is -1.08. The molecule has 0 saturated heterocycles. The average Bonchev–Trinajstić information content (AvgIpc) is 2.60. The summed E-state index contributed by atoms with van der Waals surface area (Å²) in [6.45, 7) is 5.39. The van der Waals surface area contributed by atoms with Gasteiger partial charge in [-0.15, -0.1) is 0 Å². The summed E-state index contributed by atoms with van der Waals surface area (Å²) in [4.78, 5) is 35.5. The van der Waals surface area contributed by atoms with Crippen LogP contribution in [0.15, 0.2) is 24.3 Å². The lowest BCUT2D eigenvalue weighted by Gasteiger charge is -2.18. The third-order valence-corrected chi connectivity index (χ3v) is 4.01. The number of nitrogens with one attached hydrogen (secondary N) is 2. The average molecular weight is 364 g/mol. The number of carbonyl (C=O) groups excluding carboxylic acids is 2. The highest BCUT2D eigenvalue weighted by Gasteiger charge is 2.23. The molecule has 2 atom stereocenters. The number of hydrogen-bond donors (Lipinski definition) is 3. The first-order valence-corrected chi connectivity index (χ1v) is 8.72. The van der Waals surface area contributed by atoms with E-state index in [1.54, 1.807) is 19.2 Å². The lowest BCUT2D eigenvalue weighted by Crippen LogP contribution is -2.46. The number of aliphatic carboxylic acids is 1. The van der Waals surface area contributed by atoms with Crippen LogP contribution in [0.4, 0.5) is 0 Å². The van der Waals surface area contributed by atoms with E-state index in [-0.39, 0.29) is 24.3 Å². The summed E-state index contributed by atoms with van der Waals surface area (Å²) in [5.41, 5.74) is 0.828. The van der Waals surface area contributed by atoms with Gasteiger partial charge >= 0.3 is 5.97 Å². The monoisotopic (exact) mass is 364 g/mol. The van der Waals surface area contributed by atoms with Crippen LogP contribution < -0.4 is 15.4 Å². The van der Waals surface area contributed by atoms with Crippen LogP contribution in [0.25, 0.3) is 0 Å². The summed E-state index contributed by atoms with van der Waals surface area (Å²) in [5.74, 6) is -1.43. The van der Waals surface area contributed by atoms with Gasteiger partial charge in [0.1, 0.15) is 11.8 Å². The molecule has 0 fully saturated rings. The number of amides is 2. The molecule has 3 N–H and O–H groups in total. The summed E-state index contributed by atoms with van der Waals surface area (Å²) >= 11 is 0. The van der Waals surface area contributed by atoms with Crippen molar-refractivity contribution in [2.24, 2.45) is 5.92 Å². The van der Waals surface area contributed by atoms with Crippen LogP contribution in [0.2, 0.25) is 0 Å². The molecular formula is C19H28N2O5. The number of methoxy groups -OCH3 is 1. The van der Waals surface area contributed by atoms with Crippen molar-refractivity contribution in [2.75, 3.05) is 13.7 Å². The number of carboxylic acids is 1. The van der Waals surface area contributed by atoms with Crippen molar-refractivity contribution >= 4 is 17.8 Å². The highest BCUT2D eigenvalue weighted by atomic mass is 16.5. The number of rotatable bonds is 10. The quantitative estimate of drug-likeness (QED) is 0.588. The first-order chi connectivity index (χ1) is 12.3. The Morgan fingerprint density at radius 3 is 2.23 bits per heavy atom. The Labute approximate surface area is 154 Å². The Kier molecular flexibility index (Phi) is 8.61. The van der Waals surface area contributed by atoms with E-state index in [1.165, 1.54) is 0 Å². The molecule has 7 heteroatoms. The van der Waals surface area contributed by atoms with Gasteiger partial charge in [0.05, 0.1) is 19.6 Å². The van der Waals surface area contributed by atoms with E-state index >= 15 is 0 Å². The highest BCUT2D eigenvalue weighted by molar-refractivity contribution is 5.90. The Hall–Kier alpha value is -2.57. The summed E-state index contributed by atoms with van der Waals surface area (Å²) in [6.07, 6.45) is 0.906. The van der Waals surface area contributed by atoms with E-state index in [0.29, 0.717) is 18.6 Å². The Morgan fingerprint density at radius 2 is 1.77 bits per heavy atom. The predicted octanol–water partition coefficient (Wildman–Crippen LogP) is 1.92. The third kappa shape index (κ3) is 6.74. The van der Waals surface area contributed by atoms with Crippen LogP contribution in [-0.2, 0) is 14.4 Å². The Balaban J connectivity index is 2.61. The third-order valence-electron chi connectivity index (χ3n) is 4.01. The van der Waals surface area contributed by atoms with Gasteiger partial charge in [-0.1, -0.05) is 32.9 Å². The molecule has 1 unspecified atom stereocenters. The molecule has 26 heavy (non-hydrogen) atoms. The first-order valence-electron chi connectivity index (χ1n) is 8.72. The van der Waals surface area contributed by atoms with E-state index in [9.17, 15) is 14.4 Å². The molecule has 1 aromatic rings. The number of benzene rings is 1. The molecule has 7 nitrogen and oxygen atoms in total. The number of hydrogen-bond acceptors (Lipinski definition) is 4. The van der Waals surface area contributed by atoms with Crippen LogP contribution in [0, 0.1) is 5.92 Å². The van der Waals surface area contributed by atoms with Crippen LogP contribution in [0.3, 0.4) is 0 Å². The molecule has 0 aliphatic rings. The second kappa shape index (κ2) is 10.4. The smallest absolute Gasteiger partial charge is 0.326 e. The Morgan fingerprint density at radius 1 is 1.15 bits per heavy atom. The molecule has 1 aromatic carbocycles. The van der Waals surface area contributed by atoms with Crippen LogP contribution >= 0.6 is 0 Å². The zero-order valence-electron chi connectivity index (χ0n) is 15.7. The molecule has 0 bridgehead atoms. The van der Waals surface area contributed by atoms with Gasteiger partial charge in [0.25, 0.3) is 0 Å². The molecule has 1 rings (SSSR count). The van der Waals surface area contributed by atoms with E-state index in [1.807, 2.05) is 32.9 Å². The molecule has 0 aliphatic carbocycles. The molecule has 0 spiro atoms. The zero-order chi connectivity index (χ0) is 19.7. The van der Waals surface area contributed by atoms with Crippen molar-refractivity contribution in [3.63, 3.8) is 0 Å². The van der Waals surface area contributed by atoms with Gasteiger partial charge in [-0.3, -0.25) is 9.59 Å². The fourth-order valence-corrected chi connectivity index (χ4v) is 2.64. The number of carbonyl (C=O) groups is 3. The van der Waals surface area contributed by atoms with Crippen molar-refractivity contribution in [1.82, 2.24) is 10.6 Å². The summed E-state index contributed by atoms with van der Waals surface area (Å²) in [6, 6.07) is 6.23. The molecule has 0 aromatic heterocycles. The molecule has 0 aliphatic heterocycles. The minimum Gasteiger partial charge on any atom is -0.497 e. The minimum absolute atomic E-state index is 0.130. The predicted molar refractivity (Wildman–Crippen MR) is 98.1 cm³/mol. The van der Waals surface area contributed by atoms with E-state index in [4.69, 9.17) is 9.84 Å². The largest absolute Gasteiger partial charge is 0.497 e. The second-order valence-electron chi connectivity index (χ2n) is 6.54. The van der Waals surface area contributed by atoms with Crippen LogP contribution in [0.1, 0.15) is 45.1 Å². The van der Waals surface area contributed by atoms with Gasteiger partial charge in [0, 0.05) is 0 Å². The zero-order valence-corrected chi connectivity index (χ0v) is 15.7. The van der Waals surface area contributed by atoms with Crippen molar-refractivity contribution in [3.8, 4) is 5.75 Å². The molecule has 0 saturated carbocycles. The lowest BCUT2D eigenvalue weighted by atomic mass is 9.95. The highest BCUT2D eigenvalue weighted by Crippen LogP contribution is 2.22. The van der Waals surface area contributed by atoms with Gasteiger partial charge in [0.15, 0.2) is 0 Å². The molecule has 144 valence electrons. The number of ether oxygens (including phenoxy) is 1. The van der Waals surface area contributed by atoms with Crippen molar-refractivity contribution in [3.05, 3.63) is 29.8 Å². The second-order valence-corrected chi connectivity index (χ2v) is 6.54. The van der Waals surface area contributed by atoms with E-state index in [2.05, 4.69) is 10.6 Å². The maximum atomic E-state index is 12.4. The topological polar surface area (TPSA) is 105 Å². The standard InChI is InChI=1S/C19H28N2O5/c1-5-15(13-6-8-14(26-4)9-7-13)18(23)20-11-17(22)21-16(19(24)25)10-12(2)3/h6-9,12,15-16H,5,10-11H2,1-4H3,(H,20,23)(H,21,22)(H,24,25)/t15?,16-/m0/s1. The van der Waals surface area contributed by atoms with Gasteiger partial charge in [-0.25, -0.2) is 4.79 Å². The van der Waals surface area contributed by atoms with E-state index in [0.717, 1.165) is 5.56 Å². The summed E-state index contributed by atoms with van der Waals surface area (Å²) in [7, 11) is 1.57. The van der Waals surface area contributed by atoms with Gasteiger partial charge < -0.3 is 20.5 Å². The van der Waals surface area contributed by atoms with Gasteiger partial charge in [0.2, 0.25) is 11.8 Å². The normalized spacial score (nSPS) is 13.0. The van der Waals surface area contributed by atoms with Crippen LogP contribution in [0.5, 0.6) is 5.75 Å². The molecule has 2 amide bonds. The summed E-state index contributed by atoms with van der Waals surface area (Å²) < 4.78 is 5.10. The van der Waals surface area contributed by atoms with Gasteiger partial charge in [-0.05, 0) is 36.5 Å². The summed E-state index contributed by atoms with van der Waals surface area (Å²) in [5, 5.41) is 14.2. The molecule has 0 heterocycles. The van der Waals surface area contributed by atoms with Crippen LogP contribution in [-0.4, -0.2) is 42.6 Å². The maximum Gasteiger partial charge on any atom is 0.326 e. The van der Waals surface area contributed by atoms with Crippen molar-refractivity contribution < 1.29 is 24.2 Å². The maximum absolute atomic E-state index is 12.4. The number of carboxylic acid groups (broad SMARTS) is 1. The van der Waals surface area contributed by atoms with E-state index < -0.39 is 17.9 Å². The molecule has 0 radical (unpaired) electrons. The SMILES string of the molecule is CCC(C(=O)NCC(=O)N[C@@H](CC(C)C)C(=O)O)c1ccc(OC)cc1. The fraction of sp³-hybridized carbons (Fsp3) is 0.526. The first kappa shape index (κ1) is 21.5. The Bertz CT molecular complexity index is 613. The molecular weight excluding hydrogens is 336 g/mol. The van der Waals surface area contributed by atoms with Crippen molar-refractivity contribution in [1.29, 1.82) is 0 Å².